The van der Waals surface area contributed by atoms with E-state index in [1.165, 1.54) is 0 Å². The van der Waals surface area contributed by atoms with Crippen molar-refractivity contribution in [1.82, 2.24) is 5.32 Å². The van der Waals surface area contributed by atoms with Gasteiger partial charge in [-0.3, -0.25) is 9.59 Å². The van der Waals surface area contributed by atoms with Gasteiger partial charge >= 0.3 is 5.97 Å². The van der Waals surface area contributed by atoms with E-state index in [0.717, 1.165) is 5.56 Å². The van der Waals surface area contributed by atoms with Crippen LogP contribution in [0.5, 0.6) is 5.75 Å². The Morgan fingerprint density at radius 2 is 2.26 bits per heavy atom. The molecule has 0 saturated carbocycles. The van der Waals surface area contributed by atoms with Gasteiger partial charge in [-0.2, -0.15) is 0 Å². The maximum atomic E-state index is 11.8. The highest BCUT2D eigenvalue weighted by Gasteiger charge is 2.28. The molecule has 1 aliphatic rings. The van der Waals surface area contributed by atoms with Crippen molar-refractivity contribution in [3.63, 3.8) is 0 Å². The molecule has 1 aliphatic heterocycles. The molecule has 1 amide bonds. The number of nitrogens with one attached hydrogen (secondary N) is 1. The summed E-state index contributed by atoms with van der Waals surface area (Å²) < 4.78 is 5.51. The van der Waals surface area contributed by atoms with Gasteiger partial charge in [-0.25, -0.2) is 0 Å². The first kappa shape index (κ1) is 13.4. The number of hydrogen-bond acceptors (Lipinski definition) is 4. The zero-order valence-corrected chi connectivity index (χ0v) is 10.8. The highest BCUT2D eigenvalue weighted by Crippen LogP contribution is 2.33. The van der Waals surface area contributed by atoms with E-state index in [1.54, 1.807) is 24.9 Å². The highest BCUT2D eigenvalue weighted by atomic mass is 16.5. The molecule has 0 spiro atoms. The molecular formula is C13H16N2O4. The molecule has 1 unspecified atom stereocenters. The number of carbonyl (C=O) groups excluding carboxylic acids is 1. The van der Waals surface area contributed by atoms with Crippen LogP contribution in [0.15, 0.2) is 18.2 Å². The van der Waals surface area contributed by atoms with Crippen LogP contribution in [0.2, 0.25) is 0 Å². The Kier molecular flexibility index (Phi) is 3.71. The van der Waals surface area contributed by atoms with E-state index in [2.05, 4.69) is 5.32 Å². The van der Waals surface area contributed by atoms with Crippen LogP contribution in [0.3, 0.4) is 0 Å². The van der Waals surface area contributed by atoms with Crippen LogP contribution in [0.1, 0.15) is 12.5 Å². The molecule has 19 heavy (non-hydrogen) atoms. The first-order chi connectivity index (χ1) is 8.99. The van der Waals surface area contributed by atoms with Gasteiger partial charge in [0.1, 0.15) is 5.75 Å². The second-order valence-corrected chi connectivity index (χ2v) is 4.46. The average molecular weight is 264 g/mol. The Labute approximate surface area is 111 Å². The number of hydrogen-bond donors (Lipinski definition) is 2. The smallest absolute Gasteiger partial charge is 0.317 e. The summed E-state index contributed by atoms with van der Waals surface area (Å²) in [6.07, 6.45) is -0.478. The van der Waals surface area contributed by atoms with Crippen LogP contribution in [-0.2, 0) is 16.1 Å². The summed E-state index contributed by atoms with van der Waals surface area (Å²) in [7, 11) is 1.70. The normalized spacial score (nSPS) is 17.9. The van der Waals surface area contributed by atoms with E-state index in [4.69, 9.17) is 9.84 Å². The van der Waals surface area contributed by atoms with Crippen molar-refractivity contribution in [2.24, 2.45) is 0 Å². The number of benzene rings is 1. The number of anilines is 1. The summed E-state index contributed by atoms with van der Waals surface area (Å²) in [4.78, 5) is 23.8. The van der Waals surface area contributed by atoms with Crippen molar-refractivity contribution in [2.45, 2.75) is 19.6 Å². The van der Waals surface area contributed by atoms with Crippen LogP contribution in [0.25, 0.3) is 0 Å². The Morgan fingerprint density at radius 1 is 1.53 bits per heavy atom. The van der Waals surface area contributed by atoms with Crippen molar-refractivity contribution >= 4 is 17.6 Å². The summed E-state index contributed by atoms with van der Waals surface area (Å²) in [6, 6.07) is 5.48. The third-order valence-corrected chi connectivity index (χ3v) is 2.97. The second kappa shape index (κ2) is 5.27. The number of likely N-dealkylation sites (N-methyl/N-ethyl adjacent to an activating group) is 1. The quantitative estimate of drug-likeness (QED) is 0.832. The van der Waals surface area contributed by atoms with Crippen LogP contribution in [0, 0.1) is 0 Å². The largest absolute Gasteiger partial charge is 0.480 e. The zero-order chi connectivity index (χ0) is 14.0. The number of rotatable bonds is 4. The molecule has 0 saturated heterocycles. The third-order valence-electron chi connectivity index (χ3n) is 2.97. The molecular weight excluding hydrogens is 248 g/mol. The summed E-state index contributed by atoms with van der Waals surface area (Å²) >= 11 is 0. The Hall–Kier alpha value is -2.08. The zero-order valence-electron chi connectivity index (χ0n) is 10.8. The Morgan fingerprint density at radius 3 is 2.95 bits per heavy atom. The average Bonchev–Trinajstić information content (AvgIpc) is 2.36. The van der Waals surface area contributed by atoms with Gasteiger partial charge in [-0.1, -0.05) is 6.07 Å². The molecule has 102 valence electrons. The van der Waals surface area contributed by atoms with E-state index < -0.39 is 12.1 Å². The fourth-order valence-corrected chi connectivity index (χ4v) is 1.98. The van der Waals surface area contributed by atoms with Gasteiger partial charge in [0.15, 0.2) is 6.10 Å². The molecule has 6 heteroatoms. The molecule has 0 aromatic heterocycles. The number of nitrogens with zero attached hydrogens (tertiary/aromatic N) is 1. The number of amides is 1. The number of ether oxygens (including phenoxy) is 1. The van der Waals surface area contributed by atoms with E-state index in [9.17, 15) is 9.59 Å². The fourth-order valence-electron chi connectivity index (χ4n) is 1.98. The molecule has 6 nitrogen and oxygen atoms in total. The standard InChI is InChI=1S/C13H16N2O4/c1-8-13(18)15(2)10-5-9(3-4-11(10)19-8)6-14-7-12(16)17/h3-5,8,14H,6-7H2,1-2H3,(H,16,17). The van der Waals surface area contributed by atoms with Crippen LogP contribution < -0.4 is 15.0 Å². The topological polar surface area (TPSA) is 78.9 Å². The van der Waals surface area contributed by atoms with E-state index in [1.807, 2.05) is 12.1 Å². The van der Waals surface area contributed by atoms with Crippen molar-refractivity contribution in [3.05, 3.63) is 23.8 Å². The van der Waals surface area contributed by atoms with Crippen LogP contribution >= 0.6 is 0 Å². The molecule has 1 aromatic rings. The van der Waals surface area contributed by atoms with Crippen molar-refractivity contribution in [2.75, 3.05) is 18.5 Å². The maximum Gasteiger partial charge on any atom is 0.317 e. The lowest BCUT2D eigenvalue weighted by molar-refractivity contribution is -0.136. The van der Waals surface area contributed by atoms with Gasteiger partial charge < -0.3 is 20.1 Å². The highest BCUT2D eigenvalue weighted by molar-refractivity contribution is 5.99. The van der Waals surface area contributed by atoms with E-state index in [-0.39, 0.29) is 12.5 Å². The minimum absolute atomic E-state index is 0.0943. The molecule has 0 aliphatic carbocycles. The van der Waals surface area contributed by atoms with Gasteiger partial charge in [0, 0.05) is 13.6 Å². The number of carbonyl (C=O) groups is 2. The maximum absolute atomic E-state index is 11.8. The van der Waals surface area contributed by atoms with Gasteiger partial charge in [-0.15, -0.1) is 0 Å². The van der Waals surface area contributed by atoms with E-state index >= 15 is 0 Å². The number of fused-ring (bicyclic) bond motifs is 1. The van der Waals surface area contributed by atoms with E-state index in [0.29, 0.717) is 18.0 Å². The number of carboxylic acids is 1. The molecule has 2 N–H and O–H groups in total. The van der Waals surface area contributed by atoms with Gasteiger partial charge in [-0.05, 0) is 24.6 Å². The van der Waals surface area contributed by atoms with Gasteiger partial charge in [0.25, 0.3) is 5.91 Å². The molecule has 2 rings (SSSR count). The lowest BCUT2D eigenvalue weighted by Gasteiger charge is -2.30. The number of carboxylic acid groups (broad SMARTS) is 1. The SMILES string of the molecule is CC1Oc2ccc(CNCC(=O)O)cc2N(C)C1=O. The lowest BCUT2D eigenvalue weighted by Crippen LogP contribution is -2.42. The van der Waals surface area contributed by atoms with Crippen molar-refractivity contribution < 1.29 is 19.4 Å². The summed E-state index contributed by atoms with van der Waals surface area (Å²) in [5, 5.41) is 11.4. The third kappa shape index (κ3) is 2.85. The predicted octanol–water partition coefficient (Wildman–Crippen LogP) is 0.604. The molecule has 0 bridgehead atoms. The number of aliphatic carboxylic acids is 1. The summed E-state index contributed by atoms with van der Waals surface area (Å²) in [5.74, 6) is -0.331. The fraction of sp³-hybridized carbons (Fsp3) is 0.385. The van der Waals surface area contributed by atoms with Gasteiger partial charge in [0.2, 0.25) is 0 Å². The van der Waals surface area contributed by atoms with Crippen molar-refractivity contribution in [1.29, 1.82) is 0 Å². The van der Waals surface area contributed by atoms with Crippen LogP contribution in [0.4, 0.5) is 5.69 Å². The second-order valence-electron chi connectivity index (χ2n) is 4.46. The lowest BCUT2D eigenvalue weighted by atomic mass is 10.1. The summed E-state index contributed by atoms with van der Waals surface area (Å²) in [6.45, 7) is 2.04. The first-order valence-corrected chi connectivity index (χ1v) is 5.98. The Bertz CT molecular complexity index is 515. The summed E-state index contributed by atoms with van der Waals surface area (Å²) in [5.41, 5.74) is 1.61. The molecule has 1 atom stereocenters. The minimum Gasteiger partial charge on any atom is -0.480 e. The first-order valence-electron chi connectivity index (χ1n) is 5.98. The molecule has 0 radical (unpaired) electrons. The molecule has 0 fully saturated rings. The predicted molar refractivity (Wildman–Crippen MR) is 69.3 cm³/mol. The monoisotopic (exact) mass is 264 g/mol. The van der Waals surface area contributed by atoms with Crippen LogP contribution in [-0.4, -0.2) is 36.7 Å². The minimum atomic E-state index is -0.901. The molecule has 1 heterocycles. The van der Waals surface area contributed by atoms with Gasteiger partial charge in [0.05, 0.1) is 12.2 Å². The van der Waals surface area contributed by atoms with Crippen molar-refractivity contribution in [3.8, 4) is 5.75 Å². The Balaban J connectivity index is 2.14. The molecule has 1 aromatic carbocycles.